The molecule has 6 N–H and O–H groups in total. The van der Waals surface area contributed by atoms with Gasteiger partial charge in [-0.15, -0.1) is 23.5 Å². The molecule has 384 valence electrons. The second-order valence-electron chi connectivity index (χ2n) is 21.3. The van der Waals surface area contributed by atoms with Gasteiger partial charge < -0.3 is 55.9 Å². The Balaban J connectivity index is 0.846. The molecule has 2 aromatic carbocycles. The Hall–Kier alpha value is -3.75. The zero-order valence-electron chi connectivity index (χ0n) is 42.2. The van der Waals surface area contributed by atoms with Crippen molar-refractivity contribution in [1.29, 1.82) is 0 Å². The van der Waals surface area contributed by atoms with E-state index < -0.39 is 41.7 Å². The molecule has 0 radical (unpaired) electrons. The maximum absolute atomic E-state index is 14.6. The lowest BCUT2D eigenvalue weighted by molar-refractivity contribution is -0.144. The van der Waals surface area contributed by atoms with Crippen LogP contribution < -0.4 is 31.9 Å². The molecule has 4 aliphatic heterocycles. The molecule has 5 amide bonds. The van der Waals surface area contributed by atoms with E-state index in [1.165, 1.54) is 11.1 Å². The standard InChI is InChI=1S/C52H76N8O8S2/c1-30(53-7)46(61)56-36-17-23-69-41-27-51(3,4)40(59(41)49(36)64)29-55-43-34-15-11-9-13-32(34)25-38(43)67-21-19-66-20-22-68-39-26-33-14-10-12-16-35(33)44(39)58-48(63)45-52(5,6)28-42-60(45)50(65)37(18-24-70-42)57-47(62)31(2)54-8/h9-16,30-31,36-45,53-55H,17-29H2,1-8H3,(H,56,61)(H,57,62)(H,58,63)/t30-,31-,36-,37-,38+,39+,40?,41-,42-,43-,44-,45+/m0/s1. The van der Waals surface area contributed by atoms with Gasteiger partial charge in [-0.25, -0.2) is 0 Å². The summed E-state index contributed by atoms with van der Waals surface area (Å²) in [6.07, 6.45) is 3.60. The maximum Gasteiger partial charge on any atom is 0.246 e. The smallest absolute Gasteiger partial charge is 0.246 e. The van der Waals surface area contributed by atoms with Crippen LogP contribution in [0, 0.1) is 10.8 Å². The van der Waals surface area contributed by atoms with E-state index in [0.29, 0.717) is 64.4 Å². The van der Waals surface area contributed by atoms with Crippen molar-refractivity contribution in [2.45, 2.75) is 151 Å². The lowest BCUT2D eigenvalue weighted by Crippen LogP contribution is -2.58. The van der Waals surface area contributed by atoms with Gasteiger partial charge in [-0.05, 0) is 98.2 Å². The van der Waals surface area contributed by atoms with Crippen LogP contribution in [0.4, 0.5) is 0 Å². The monoisotopic (exact) mass is 1000 g/mol. The third-order valence-corrected chi connectivity index (χ3v) is 18.2. The third-order valence-electron chi connectivity index (χ3n) is 15.7. The van der Waals surface area contributed by atoms with Crippen molar-refractivity contribution in [3.05, 3.63) is 70.8 Å². The molecular weight excluding hydrogens is 929 g/mol. The molecule has 6 aliphatic rings. The first-order valence-corrected chi connectivity index (χ1v) is 27.5. The van der Waals surface area contributed by atoms with Crippen LogP contribution in [0.2, 0.25) is 0 Å². The lowest BCUT2D eigenvalue weighted by atomic mass is 9.83. The van der Waals surface area contributed by atoms with Crippen molar-refractivity contribution in [3.63, 3.8) is 0 Å². The summed E-state index contributed by atoms with van der Waals surface area (Å²) in [5.74, 6) is 0.662. The Labute approximate surface area is 422 Å². The zero-order valence-corrected chi connectivity index (χ0v) is 43.8. The number of hydrogen-bond donors (Lipinski definition) is 6. The van der Waals surface area contributed by atoms with E-state index in [9.17, 15) is 24.0 Å². The molecule has 4 fully saturated rings. The number of hydrogen-bond acceptors (Lipinski definition) is 13. The number of rotatable bonds is 19. The van der Waals surface area contributed by atoms with E-state index in [1.807, 2.05) is 43.8 Å². The fourth-order valence-electron chi connectivity index (χ4n) is 11.5. The second kappa shape index (κ2) is 22.6. The number of nitrogens with one attached hydrogen (secondary N) is 6. The number of benzene rings is 2. The topological polar surface area (TPSA) is 192 Å². The number of ether oxygens (including phenoxy) is 3. The number of carbonyl (C=O) groups excluding carboxylic acids is 5. The Kier molecular flexibility index (Phi) is 16.9. The van der Waals surface area contributed by atoms with E-state index in [-0.39, 0.29) is 70.0 Å². The van der Waals surface area contributed by atoms with Crippen LogP contribution in [0.5, 0.6) is 0 Å². The summed E-state index contributed by atoms with van der Waals surface area (Å²) in [6.45, 7) is 14.2. The van der Waals surface area contributed by atoms with Crippen LogP contribution in [0.1, 0.15) is 102 Å². The molecule has 12 atom stereocenters. The number of fused-ring (bicyclic) bond motifs is 4. The van der Waals surface area contributed by atoms with Crippen molar-refractivity contribution in [2.75, 3.05) is 58.6 Å². The summed E-state index contributed by atoms with van der Waals surface area (Å²) in [4.78, 5) is 72.5. The van der Waals surface area contributed by atoms with Gasteiger partial charge in [0.1, 0.15) is 18.1 Å². The molecule has 1 unspecified atom stereocenters. The average molecular weight is 1010 g/mol. The number of thioether (sulfide) groups is 2. The predicted molar refractivity (Wildman–Crippen MR) is 273 cm³/mol. The molecule has 0 aromatic heterocycles. The van der Waals surface area contributed by atoms with Gasteiger partial charge in [0.2, 0.25) is 29.5 Å². The minimum atomic E-state index is -0.721. The lowest BCUT2D eigenvalue weighted by Gasteiger charge is -2.36. The maximum atomic E-state index is 14.6. The first-order chi connectivity index (χ1) is 33.5. The highest BCUT2D eigenvalue weighted by molar-refractivity contribution is 8.00. The van der Waals surface area contributed by atoms with E-state index in [2.05, 4.69) is 81.0 Å². The summed E-state index contributed by atoms with van der Waals surface area (Å²) in [5, 5.41) is 19.0. The molecule has 8 rings (SSSR count). The Morgan fingerprint density at radius 3 is 1.71 bits per heavy atom. The van der Waals surface area contributed by atoms with Crippen molar-refractivity contribution < 1.29 is 38.2 Å². The van der Waals surface area contributed by atoms with Crippen LogP contribution in [0.25, 0.3) is 0 Å². The summed E-state index contributed by atoms with van der Waals surface area (Å²) in [5.41, 5.74) is 3.93. The molecule has 4 saturated heterocycles. The third kappa shape index (κ3) is 11.2. The Morgan fingerprint density at radius 1 is 0.671 bits per heavy atom. The van der Waals surface area contributed by atoms with Crippen molar-refractivity contribution >= 4 is 53.1 Å². The molecule has 0 spiro atoms. The highest BCUT2D eigenvalue weighted by Crippen LogP contribution is 2.48. The first-order valence-electron chi connectivity index (χ1n) is 25.4. The molecule has 70 heavy (non-hydrogen) atoms. The average Bonchev–Trinajstić information content (AvgIpc) is 3.97. The van der Waals surface area contributed by atoms with Gasteiger partial charge in [0.25, 0.3) is 0 Å². The van der Waals surface area contributed by atoms with Gasteiger partial charge >= 0.3 is 0 Å². The van der Waals surface area contributed by atoms with E-state index in [4.69, 9.17) is 14.2 Å². The predicted octanol–water partition coefficient (Wildman–Crippen LogP) is 3.44. The fourth-order valence-corrected chi connectivity index (χ4v) is 14.6. The molecule has 18 heteroatoms. The Bertz CT molecular complexity index is 2220. The van der Waals surface area contributed by atoms with Gasteiger partial charge in [-0.1, -0.05) is 76.2 Å². The summed E-state index contributed by atoms with van der Waals surface area (Å²) in [7, 11) is 3.45. The van der Waals surface area contributed by atoms with E-state index in [0.717, 1.165) is 29.7 Å². The van der Waals surface area contributed by atoms with Gasteiger partial charge in [-0.2, -0.15) is 0 Å². The van der Waals surface area contributed by atoms with Gasteiger partial charge in [0.05, 0.1) is 79.6 Å². The summed E-state index contributed by atoms with van der Waals surface area (Å²) in [6, 6.07) is 13.1. The van der Waals surface area contributed by atoms with Crippen LogP contribution in [0.15, 0.2) is 48.5 Å². The molecule has 0 bridgehead atoms. The van der Waals surface area contributed by atoms with Crippen LogP contribution >= 0.6 is 23.5 Å². The minimum absolute atomic E-state index is 0.00357. The van der Waals surface area contributed by atoms with Crippen molar-refractivity contribution in [2.24, 2.45) is 10.8 Å². The van der Waals surface area contributed by atoms with Crippen LogP contribution in [0.3, 0.4) is 0 Å². The normalized spacial score (nSPS) is 30.6. The highest BCUT2D eigenvalue weighted by Gasteiger charge is 2.56. The van der Waals surface area contributed by atoms with E-state index in [1.54, 1.807) is 44.6 Å². The number of likely N-dealkylation sites (N-methyl/N-ethyl adjacent to an activating group) is 2. The molecule has 2 aromatic rings. The van der Waals surface area contributed by atoms with Crippen LogP contribution in [-0.2, 0) is 51.0 Å². The molecule has 4 heterocycles. The Morgan fingerprint density at radius 2 is 1.16 bits per heavy atom. The zero-order chi connectivity index (χ0) is 49.9. The van der Waals surface area contributed by atoms with Gasteiger partial charge in [0.15, 0.2) is 0 Å². The van der Waals surface area contributed by atoms with Crippen LogP contribution in [-0.4, -0.2) is 157 Å². The first kappa shape index (κ1) is 52.6. The quantitative estimate of drug-likeness (QED) is 0.112. The summed E-state index contributed by atoms with van der Waals surface area (Å²) >= 11 is 3.49. The summed E-state index contributed by atoms with van der Waals surface area (Å²) < 4.78 is 19.2. The largest absolute Gasteiger partial charge is 0.377 e. The van der Waals surface area contributed by atoms with E-state index >= 15 is 0 Å². The fraction of sp³-hybridized carbons (Fsp3) is 0.673. The molecule has 16 nitrogen and oxygen atoms in total. The highest BCUT2D eigenvalue weighted by atomic mass is 32.2. The van der Waals surface area contributed by atoms with Crippen molar-refractivity contribution in [1.82, 2.24) is 41.7 Å². The van der Waals surface area contributed by atoms with Gasteiger partial charge in [0, 0.05) is 19.4 Å². The van der Waals surface area contributed by atoms with Gasteiger partial charge in [-0.3, -0.25) is 24.0 Å². The number of amides is 5. The second-order valence-corrected chi connectivity index (χ2v) is 23.8. The number of nitrogens with zero attached hydrogens (tertiary/aromatic N) is 2. The van der Waals surface area contributed by atoms with Crippen molar-refractivity contribution in [3.8, 4) is 0 Å². The molecular formula is C52H76N8O8S2. The minimum Gasteiger partial charge on any atom is -0.377 e. The number of carbonyl (C=O) groups is 5. The molecule has 0 saturated carbocycles. The SMILES string of the molecule is CN[C@@H](C)C(=O)N[C@H]1CCS[C@H]2CC(C)(C)C(CN[C@H]3c4ccccc4C[C@H]3OCCOCCO[C@@H]3Cc4ccccc4[C@@H]3NC(=O)[C@H]3N4C(=O)[C@@H](NC(=O)[C@H](C)NC)CCS[C@H]4CC3(C)C)N2C1=O. The molecule has 2 aliphatic carbocycles.